The largest absolute Gasteiger partial charge is 0.487 e. The van der Waals surface area contributed by atoms with Crippen LogP contribution in [0, 0.1) is 11.6 Å². The summed E-state index contributed by atoms with van der Waals surface area (Å²) >= 11 is 0. The molecule has 0 atom stereocenters. The Morgan fingerprint density at radius 2 is 1.92 bits per heavy atom. The van der Waals surface area contributed by atoms with Gasteiger partial charge < -0.3 is 20.3 Å². The van der Waals surface area contributed by atoms with Crippen LogP contribution >= 0.6 is 0 Å². The second-order valence-electron chi connectivity index (χ2n) is 9.24. The van der Waals surface area contributed by atoms with Crippen molar-refractivity contribution in [1.29, 1.82) is 0 Å². The van der Waals surface area contributed by atoms with E-state index in [1.165, 1.54) is 16.8 Å². The average Bonchev–Trinajstić information content (AvgIpc) is 3.53. The standard InChI is InChI=1S/C26H30F2N6O3/c1-2-29-24-10-22-20(12-30-24)26(16-11-31-33(13-16)18(14-35)15-36)32-34(22)17-6-8-19(9-7-17)37-23-5-3-4-21(27)25(23)28/h3-5,10-13,17-19,35-36H,2,6-9,14-15H2,1H3,(H,29,30). The minimum absolute atomic E-state index is 0.0577. The summed E-state index contributed by atoms with van der Waals surface area (Å²) in [5.74, 6) is -1.18. The number of anilines is 1. The summed E-state index contributed by atoms with van der Waals surface area (Å²) < 4.78 is 37.0. The lowest BCUT2D eigenvalue weighted by Gasteiger charge is -2.29. The number of ether oxygens (including phenoxy) is 1. The van der Waals surface area contributed by atoms with E-state index in [4.69, 9.17) is 9.84 Å². The highest BCUT2D eigenvalue weighted by molar-refractivity contribution is 5.93. The molecule has 0 bridgehead atoms. The van der Waals surface area contributed by atoms with Crippen LogP contribution in [0.4, 0.5) is 14.6 Å². The van der Waals surface area contributed by atoms with Gasteiger partial charge >= 0.3 is 0 Å². The van der Waals surface area contributed by atoms with Crippen molar-refractivity contribution >= 4 is 16.7 Å². The monoisotopic (exact) mass is 512 g/mol. The van der Waals surface area contributed by atoms with E-state index in [2.05, 4.69) is 15.4 Å². The summed E-state index contributed by atoms with van der Waals surface area (Å²) in [5.41, 5.74) is 2.40. The molecular formula is C26H30F2N6O3. The third-order valence-corrected chi connectivity index (χ3v) is 6.82. The van der Waals surface area contributed by atoms with Gasteiger partial charge in [-0.1, -0.05) is 6.07 Å². The van der Waals surface area contributed by atoms with E-state index in [9.17, 15) is 19.0 Å². The number of nitrogens with one attached hydrogen (secondary N) is 1. The summed E-state index contributed by atoms with van der Waals surface area (Å²) in [7, 11) is 0. The Labute approximate surface area is 212 Å². The zero-order valence-corrected chi connectivity index (χ0v) is 20.5. The third-order valence-electron chi connectivity index (χ3n) is 6.82. The van der Waals surface area contributed by atoms with Gasteiger partial charge in [-0.2, -0.15) is 14.6 Å². The summed E-state index contributed by atoms with van der Waals surface area (Å²) in [6.07, 6.45) is 7.88. The van der Waals surface area contributed by atoms with Gasteiger partial charge in [0.1, 0.15) is 11.5 Å². The maximum atomic E-state index is 14.1. The van der Waals surface area contributed by atoms with E-state index < -0.39 is 17.7 Å². The van der Waals surface area contributed by atoms with Crippen LogP contribution in [0.15, 0.2) is 42.9 Å². The number of aromatic nitrogens is 5. The maximum Gasteiger partial charge on any atom is 0.200 e. The van der Waals surface area contributed by atoms with Crippen LogP contribution in [0.1, 0.15) is 44.7 Å². The van der Waals surface area contributed by atoms with Crippen molar-refractivity contribution in [3.05, 3.63) is 54.5 Å². The smallest absolute Gasteiger partial charge is 0.200 e. The number of benzene rings is 1. The first-order valence-electron chi connectivity index (χ1n) is 12.5. The van der Waals surface area contributed by atoms with E-state index in [1.807, 2.05) is 17.7 Å². The Hall–Kier alpha value is -3.57. The molecule has 1 fully saturated rings. The fraction of sp³-hybridized carbons (Fsp3) is 0.423. The lowest BCUT2D eigenvalue weighted by molar-refractivity contribution is 0.125. The highest BCUT2D eigenvalue weighted by Gasteiger charge is 2.28. The van der Waals surface area contributed by atoms with Crippen molar-refractivity contribution in [2.45, 2.75) is 50.8 Å². The fourth-order valence-corrected chi connectivity index (χ4v) is 4.85. The quantitative estimate of drug-likeness (QED) is 0.310. The van der Waals surface area contributed by atoms with Gasteiger partial charge in [0.15, 0.2) is 11.6 Å². The topological polar surface area (TPSA) is 110 Å². The van der Waals surface area contributed by atoms with Gasteiger partial charge in [-0.05, 0) is 44.7 Å². The van der Waals surface area contributed by atoms with Crippen LogP contribution in [-0.4, -0.2) is 60.6 Å². The van der Waals surface area contributed by atoms with Crippen molar-refractivity contribution in [2.75, 3.05) is 25.1 Å². The Morgan fingerprint density at radius 3 is 2.65 bits per heavy atom. The van der Waals surface area contributed by atoms with Crippen LogP contribution in [-0.2, 0) is 0 Å². The normalized spacial score (nSPS) is 18.0. The zero-order valence-electron chi connectivity index (χ0n) is 20.5. The molecule has 9 nitrogen and oxygen atoms in total. The predicted octanol–water partition coefficient (Wildman–Crippen LogP) is 4.09. The first-order chi connectivity index (χ1) is 18.0. The Kier molecular flexibility index (Phi) is 7.33. The molecule has 11 heteroatoms. The summed E-state index contributed by atoms with van der Waals surface area (Å²) in [6.45, 7) is 2.27. The van der Waals surface area contributed by atoms with Crippen molar-refractivity contribution < 1.29 is 23.7 Å². The molecule has 3 aromatic heterocycles. The minimum Gasteiger partial charge on any atom is -0.487 e. The van der Waals surface area contributed by atoms with E-state index >= 15 is 0 Å². The van der Waals surface area contributed by atoms with Crippen molar-refractivity contribution in [3.8, 4) is 17.0 Å². The fourth-order valence-electron chi connectivity index (χ4n) is 4.85. The Morgan fingerprint density at radius 1 is 1.14 bits per heavy atom. The Bertz CT molecular complexity index is 1360. The van der Waals surface area contributed by atoms with E-state index in [0.717, 1.165) is 47.7 Å². The molecule has 1 aliphatic rings. The number of fused-ring (bicyclic) bond motifs is 1. The summed E-state index contributed by atoms with van der Waals surface area (Å²) in [6, 6.07) is 5.51. The van der Waals surface area contributed by atoms with E-state index in [0.29, 0.717) is 18.5 Å². The van der Waals surface area contributed by atoms with Crippen LogP contribution < -0.4 is 10.1 Å². The van der Waals surface area contributed by atoms with Crippen LogP contribution in [0.5, 0.6) is 5.75 Å². The van der Waals surface area contributed by atoms with Gasteiger partial charge in [-0.15, -0.1) is 0 Å². The molecule has 1 aromatic carbocycles. The Balaban J connectivity index is 1.42. The van der Waals surface area contributed by atoms with Crippen molar-refractivity contribution in [3.63, 3.8) is 0 Å². The highest BCUT2D eigenvalue weighted by atomic mass is 19.2. The van der Waals surface area contributed by atoms with E-state index in [1.54, 1.807) is 18.6 Å². The molecule has 4 aromatic rings. The number of hydrogen-bond donors (Lipinski definition) is 3. The van der Waals surface area contributed by atoms with Crippen molar-refractivity contribution in [1.82, 2.24) is 24.5 Å². The highest BCUT2D eigenvalue weighted by Crippen LogP contribution is 2.37. The number of aliphatic hydroxyl groups excluding tert-OH is 2. The molecule has 0 amide bonds. The second kappa shape index (κ2) is 10.8. The molecule has 0 saturated heterocycles. The van der Waals surface area contributed by atoms with Crippen molar-refractivity contribution in [2.24, 2.45) is 0 Å². The predicted molar refractivity (Wildman–Crippen MR) is 134 cm³/mol. The molecule has 0 unspecified atom stereocenters. The zero-order chi connectivity index (χ0) is 25.9. The van der Waals surface area contributed by atoms with Crippen LogP contribution in [0.2, 0.25) is 0 Å². The van der Waals surface area contributed by atoms with Gasteiger partial charge in [-0.25, -0.2) is 9.37 Å². The minimum atomic E-state index is -0.957. The van der Waals surface area contributed by atoms with E-state index in [-0.39, 0.29) is 31.1 Å². The summed E-state index contributed by atoms with van der Waals surface area (Å²) in [5, 5.41) is 32.4. The van der Waals surface area contributed by atoms with Crippen LogP contribution in [0.3, 0.4) is 0 Å². The van der Waals surface area contributed by atoms with Gasteiger partial charge in [0.2, 0.25) is 5.82 Å². The lowest BCUT2D eigenvalue weighted by atomic mass is 9.93. The molecule has 5 rings (SSSR count). The molecule has 3 heterocycles. The number of pyridine rings is 1. The lowest BCUT2D eigenvalue weighted by Crippen LogP contribution is -2.26. The van der Waals surface area contributed by atoms with Gasteiger partial charge in [0, 0.05) is 36.0 Å². The number of aliphatic hydroxyl groups is 2. The van der Waals surface area contributed by atoms with Gasteiger partial charge in [0.05, 0.1) is 43.1 Å². The average molecular weight is 513 g/mol. The first kappa shape index (κ1) is 25.1. The number of rotatable bonds is 9. The SMILES string of the molecule is CCNc1cc2c(cn1)c(-c1cnn(C(CO)CO)c1)nn2C1CCC(Oc2cccc(F)c2F)CC1. The summed E-state index contributed by atoms with van der Waals surface area (Å²) in [4.78, 5) is 4.53. The molecule has 1 saturated carbocycles. The molecule has 196 valence electrons. The second-order valence-corrected chi connectivity index (χ2v) is 9.24. The molecule has 37 heavy (non-hydrogen) atoms. The number of hydrogen-bond acceptors (Lipinski definition) is 7. The molecule has 0 aliphatic heterocycles. The molecular weight excluding hydrogens is 482 g/mol. The molecule has 3 N–H and O–H groups in total. The molecule has 0 radical (unpaired) electrons. The maximum absolute atomic E-state index is 14.1. The van der Waals surface area contributed by atoms with Gasteiger partial charge in [0.25, 0.3) is 0 Å². The number of nitrogens with zero attached hydrogens (tertiary/aromatic N) is 5. The third kappa shape index (κ3) is 5.01. The van der Waals surface area contributed by atoms with Gasteiger partial charge in [-0.3, -0.25) is 9.36 Å². The molecule has 1 aliphatic carbocycles. The molecule has 0 spiro atoms. The first-order valence-corrected chi connectivity index (χ1v) is 12.5. The van der Waals surface area contributed by atoms with Crippen LogP contribution in [0.25, 0.3) is 22.2 Å². The number of halogens is 2.